The molecule has 6 nitrogen and oxygen atoms in total. The summed E-state index contributed by atoms with van der Waals surface area (Å²) in [4.78, 5) is 12.8. The molecule has 0 amide bonds. The number of hydrogen-bond acceptors (Lipinski definition) is 6. The first-order chi connectivity index (χ1) is 11.2. The van der Waals surface area contributed by atoms with Crippen molar-refractivity contribution < 1.29 is 0 Å². The van der Waals surface area contributed by atoms with E-state index in [0.29, 0.717) is 5.82 Å². The molecule has 2 heterocycles. The molecule has 23 heavy (non-hydrogen) atoms. The van der Waals surface area contributed by atoms with Crippen LogP contribution in [-0.4, -0.2) is 15.0 Å². The fourth-order valence-corrected chi connectivity index (χ4v) is 2.66. The number of fused-ring (bicyclic) bond motifs is 2. The van der Waals surface area contributed by atoms with E-state index in [9.17, 15) is 0 Å². The molecule has 2 aromatic heterocycles. The molecule has 0 aliphatic rings. The van der Waals surface area contributed by atoms with E-state index in [4.69, 9.17) is 11.6 Å². The number of para-hydroxylation sites is 1. The Balaban J connectivity index is 1.92. The number of nitrogens with one attached hydrogen (secondary N) is 1. The lowest BCUT2D eigenvalue weighted by Crippen LogP contribution is -2.11. The molecule has 0 unspecified atom stereocenters. The van der Waals surface area contributed by atoms with Gasteiger partial charge in [0.1, 0.15) is 0 Å². The Bertz CT molecular complexity index is 1030. The van der Waals surface area contributed by atoms with E-state index in [0.717, 1.165) is 32.9 Å². The Labute approximate surface area is 132 Å². The summed E-state index contributed by atoms with van der Waals surface area (Å²) in [6.45, 7) is 0. The molecule has 5 N–H and O–H groups in total. The lowest BCUT2D eigenvalue weighted by molar-refractivity contribution is 1.19. The molecule has 4 rings (SSSR count). The third kappa shape index (κ3) is 2.31. The summed E-state index contributed by atoms with van der Waals surface area (Å²) in [6.07, 6.45) is 1.86. The molecule has 0 spiro atoms. The van der Waals surface area contributed by atoms with Crippen molar-refractivity contribution in [2.24, 2.45) is 5.84 Å². The Morgan fingerprint density at radius 2 is 1.74 bits per heavy atom. The van der Waals surface area contributed by atoms with Gasteiger partial charge in [-0.3, -0.25) is 4.98 Å². The number of hydrogen-bond donors (Lipinski definition) is 3. The van der Waals surface area contributed by atoms with Crippen LogP contribution in [0.3, 0.4) is 0 Å². The maximum absolute atomic E-state index is 5.68. The van der Waals surface area contributed by atoms with Gasteiger partial charge in [0.15, 0.2) is 5.82 Å². The fraction of sp³-hybridized carbons (Fsp3) is 0. The highest BCUT2D eigenvalue weighted by Gasteiger charge is 2.08. The van der Waals surface area contributed by atoms with Crippen molar-refractivity contribution in [3.05, 3.63) is 54.7 Å². The standard InChI is InChI=1S/C17H14N6/c18-17-21-15-6-5-10(8-13(15)16(22-17)23-19)12-7-11-3-1-2-4-14(11)20-9-12/h1-9H,19H2,(H3,18,21,22,23). The first kappa shape index (κ1) is 13.4. The molecule has 112 valence electrons. The molecule has 0 aliphatic carbocycles. The Hall–Kier alpha value is -3.25. The SMILES string of the molecule is NNc1nc(N)nc2ccc(-c3cnc4ccccc4c3)cc12. The van der Waals surface area contributed by atoms with Crippen LogP contribution in [0, 0.1) is 0 Å². The van der Waals surface area contributed by atoms with Crippen LogP contribution < -0.4 is 17.0 Å². The highest BCUT2D eigenvalue weighted by atomic mass is 15.3. The second kappa shape index (κ2) is 5.19. The number of pyridine rings is 1. The number of hydrazine groups is 1. The molecule has 6 heteroatoms. The van der Waals surface area contributed by atoms with Crippen LogP contribution >= 0.6 is 0 Å². The van der Waals surface area contributed by atoms with Crippen LogP contribution in [0.5, 0.6) is 0 Å². The Kier molecular flexibility index (Phi) is 3.03. The van der Waals surface area contributed by atoms with Crippen LogP contribution in [0.2, 0.25) is 0 Å². The first-order valence-electron chi connectivity index (χ1n) is 7.13. The largest absolute Gasteiger partial charge is 0.368 e. The van der Waals surface area contributed by atoms with Crippen molar-refractivity contribution in [2.75, 3.05) is 11.2 Å². The third-order valence-electron chi connectivity index (χ3n) is 3.77. The van der Waals surface area contributed by atoms with Gasteiger partial charge in [-0.1, -0.05) is 24.3 Å². The van der Waals surface area contributed by atoms with Crippen molar-refractivity contribution in [3.63, 3.8) is 0 Å². The van der Waals surface area contributed by atoms with E-state index in [1.54, 1.807) is 0 Å². The van der Waals surface area contributed by atoms with Gasteiger partial charge in [-0.2, -0.15) is 4.98 Å². The first-order valence-corrected chi connectivity index (χ1v) is 7.13. The summed E-state index contributed by atoms with van der Waals surface area (Å²) in [5, 5.41) is 1.91. The molecule has 0 fully saturated rings. The van der Waals surface area contributed by atoms with Crippen molar-refractivity contribution in [1.82, 2.24) is 15.0 Å². The van der Waals surface area contributed by atoms with E-state index in [1.165, 1.54) is 0 Å². The van der Waals surface area contributed by atoms with Gasteiger partial charge in [-0.15, -0.1) is 0 Å². The Morgan fingerprint density at radius 1 is 0.870 bits per heavy atom. The molecule has 0 aliphatic heterocycles. The molecular formula is C17H14N6. The second-order valence-electron chi connectivity index (χ2n) is 5.22. The van der Waals surface area contributed by atoms with Crippen molar-refractivity contribution in [2.45, 2.75) is 0 Å². The zero-order chi connectivity index (χ0) is 15.8. The van der Waals surface area contributed by atoms with Gasteiger partial charge in [0.05, 0.1) is 11.0 Å². The average Bonchev–Trinajstić information content (AvgIpc) is 2.60. The van der Waals surface area contributed by atoms with Gasteiger partial charge in [-0.05, 0) is 29.8 Å². The number of benzene rings is 2. The number of nitrogen functional groups attached to an aromatic ring is 2. The monoisotopic (exact) mass is 302 g/mol. The van der Waals surface area contributed by atoms with Crippen LogP contribution in [-0.2, 0) is 0 Å². The highest BCUT2D eigenvalue weighted by molar-refractivity contribution is 5.94. The van der Waals surface area contributed by atoms with Crippen LogP contribution in [0.4, 0.5) is 11.8 Å². The number of rotatable bonds is 2. The zero-order valence-corrected chi connectivity index (χ0v) is 12.2. The van der Waals surface area contributed by atoms with Gasteiger partial charge >= 0.3 is 0 Å². The minimum atomic E-state index is 0.186. The zero-order valence-electron chi connectivity index (χ0n) is 12.2. The molecule has 0 bridgehead atoms. The number of nitrogens with two attached hydrogens (primary N) is 2. The lowest BCUT2D eigenvalue weighted by atomic mass is 10.0. The van der Waals surface area contributed by atoms with Gasteiger partial charge in [-0.25, -0.2) is 10.8 Å². The summed E-state index contributed by atoms with van der Waals surface area (Å²) >= 11 is 0. The smallest absolute Gasteiger partial charge is 0.222 e. The molecule has 4 aromatic rings. The minimum Gasteiger partial charge on any atom is -0.368 e. The van der Waals surface area contributed by atoms with E-state index in [-0.39, 0.29) is 5.95 Å². The second-order valence-corrected chi connectivity index (χ2v) is 5.22. The van der Waals surface area contributed by atoms with Crippen LogP contribution in [0.15, 0.2) is 54.7 Å². The van der Waals surface area contributed by atoms with Gasteiger partial charge in [0.2, 0.25) is 5.95 Å². The maximum Gasteiger partial charge on any atom is 0.222 e. The van der Waals surface area contributed by atoms with E-state index in [1.807, 2.05) is 48.7 Å². The van der Waals surface area contributed by atoms with Crippen LogP contribution in [0.1, 0.15) is 0 Å². The average molecular weight is 302 g/mol. The quantitative estimate of drug-likeness (QED) is 0.388. The lowest BCUT2D eigenvalue weighted by Gasteiger charge is -2.08. The summed E-state index contributed by atoms with van der Waals surface area (Å²) in [5.74, 6) is 6.23. The highest BCUT2D eigenvalue weighted by Crippen LogP contribution is 2.28. The van der Waals surface area contributed by atoms with Gasteiger partial charge < -0.3 is 11.2 Å². The molecule has 2 aromatic carbocycles. The molecule has 0 saturated heterocycles. The summed E-state index contributed by atoms with van der Waals surface area (Å²) in [5.41, 5.74) is 12.0. The topological polar surface area (TPSA) is 103 Å². The van der Waals surface area contributed by atoms with Gasteiger partial charge in [0.25, 0.3) is 0 Å². The van der Waals surface area contributed by atoms with E-state index < -0.39 is 0 Å². The number of aromatic nitrogens is 3. The maximum atomic E-state index is 5.68. The third-order valence-corrected chi connectivity index (χ3v) is 3.77. The summed E-state index contributed by atoms with van der Waals surface area (Å²) in [7, 11) is 0. The molecule has 0 saturated carbocycles. The minimum absolute atomic E-state index is 0.186. The fourth-order valence-electron chi connectivity index (χ4n) is 2.66. The van der Waals surface area contributed by atoms with Crippen molar-refractivity contribution in [3.8, 4) is 11.1 Å². The number of nitrogens with zero attached hydrogens (tertiary/aromatic N) is 3. The normalized spacial score (nSPS) is 11.0. The van der Waals surface area contributed by atoms with E-state index in [2.05, 4.69) is 26.4 Å². The summed E-state index contributed by atoms with van der Waals surface area (Å²) in [6, 6.07) is 16.0. The summed E-state index contributed by atoms with van der Waals surface area (Å²) < 4.78 is 0. The molecule has 0 radical (unpaired) electrons. The predicted octanol–water partition coefficient (Wildman–Crippen LogP) is 2.71. The predicted molar refractivity (Wildman–Crippen MR) is 92.5 cm³/mol. The van der Waals surface area contributed by atoms with Gasteiger partial charge in [0, 0.05) is 22.5 Å². The van der Waals surface area contributed by atoms with Crippen LogP contribution in [0.25, 0.3) is 32.9 Å². The van der Waals surface area contributed by atoms with Crippen molar-refractivity contribution >= 4 is 33.6 Å². The number of anilines is 2. The Morgan fingerprint density at radius 3 is 2.61 bits per heavy atom. The van der Waals surface area contributed by atoms with E-state index >= 15 is 0 Å². The molecular weight excluding hydrogens is 288 g/mol. The molecule has 0 atom stereocenters. The van der Waals surface area contributed by atoms with Crippen molar-refractivity contribution in [1.29, 1.82) is 0 Å².